The van der Waals surface area contributed by atoms with Crippen LogP contribution in [0.15, 0.2) is 199 Å². The Morgan fingerprint density at radius 1 is 0.607 bits per heavy atom. The van der Waals surface area contributed by atoms with E-state index in [1.807, 2.05) is 0 Å². The van der Waals surface area contributed by atoms with Gasteiger partial charge in [0, 0.05) is 23.3 Å². The first-order chi connectivity index (χ1) is 27.8. The summed E-state index contributed by atoms with van der Waals surface area (Å²) in [5.74, 6) is 0.855. The van der Waals surface area contributed by atoms with Crippen LogP contribution in [0.2, 0.25) is 0 Å². The van der Waals surface area contributed by atoms with Crippen molar-refractivity contribution in [1.29, 1.82) is 0 Å². The Bertz CT molecular complexity index is 2520. The van der Waals surface area contributed by atoms with E-state index < -0.39 is 0 Å². The van der Waals surface area contributed by atoms with Crippen LogP contribution in [0.5, 0.6) is 0 Å². The molecule has 0 radical (unpaired) electrons. The molecule has 4 atom stereocenters. The first-order valence-corrected chi connectivity index (χ1v) is 20.4. The number of nitrogens with one attached hydrogen (secondary N) is 1. The molecule has 0 spiro atoms. The summed E-state index contributed by atoms with van der Waals surface area (Å²) in [4.78, 5) is 5.59. The number of benzene rings is 4. The lowest BCUT2D eigenvalue weighted by molar-refractivity contribution is 0.677. The highest BCUT2D eigenvalue weighted by Gasteiger charge is 2.31. The number of hydrogen-bond acceptors (Lipinski definition) is 2. The fourth-order valence-corrected chi connectivity index (χ4v) is 9.29. The number of fused-ring (bicyclic) bond motifs is 2. The molecule has 1 N–H and O–H groups in total. The Kier molecular flexibility index (Phi) is 9.25. The van der Waals surface area contributed by atoms with Gasteiger partial charge in [0.1, 0.15) is 6.17 Å². The molecule has 1 aliphatic heterocycles. The molecule has 2 heteroatoms. The molecule has 1 heterocycles. The van der Waals surface area contributed by atoms with Crippen LogP contribution in [0.4, 0.5) is 0 Å². The van der Waals surface area contributed by atoms with Crippen LogP contribution in [0, 0.1) is 17.8 Å². The summed E-state index contributed by atoms with van der Waals surface area (Å²) in [6.45, 7) is 0. The monoisotopic (exact) mass is 722 g/mol. The van der Waals surface area contributed by atoms with Crippen LogP contribution in [-0.4, -0.2) is 11.9 Å². The van der Waals surface area contributed by atoms with E-state index in [1.54, 1.807) is 0 Å². The smallest absolute Gasteiger partial charge is 0.144 e. The van der Waals surface area contributed by atoms with E-state index >= 15 is 0 Å². The molecular weight excluding hydrogens is 677 g/mol. The van der Waals surface area contributed by atoms with Gasteiger partial charge in [0.25, 0.3) is 0 Å². The van der Waals surface area contributed by atoms with Crippen molar-refractivity contribution in [2.75, 3.05) is 0 Å². The van der Waals surface area contributed by atoms with Gasteiger partial charge < -0.3 is 5.32 Å². The van der Waals surface area contributed by atoms with Crippen molar-refractivity contribution in [2.24, 2.45) is 22.7 Å². The lowest BCUT2D eigenvalue weighted by Crippen LogP contribution is -2.36. The minimum Gasteiger partial charge on any atom is -0.359 e. The molecule has 56 heavy (non-hydrogen) atoms. The van der Waals surface area contributed by atoms with Gasteiger partial charge in [0.15, 0.2) is 0 Å². The summed E-state index contributed by atoms with van der Waals surface area (Å²) in [6.07, 6.45) is 37.6. The number of rotatable bonds is 7. The van der Waals surface area contributed by atoms with Crippen LogP contribution in [0.1, 0.15) is 64.6 Å². The molecule has 272 valence electrons. The number of aryl methyl sites for hydroxylation is 1. The molecule has 0 amide bonds. The van der Waals surface area contributed by atoms with E-state index in [4.69, 9.17) is 4.99 Å². The topological polar surface area (TPSA) is 24.4 Å². The average molecular weight is 723 g/mol. The van der Waals surface area contributed by atoms with Gasteiger partial charge in [0.2, 0.25) is 0 Å². The Hall–Kier alpha value is -6.25. The Labute approximate surface area is 331 Å². The highest BCUT2D eigenvalue weighted by Crippen LogP contribution is 2.42. The largest absolute Gasteiger partial charge is 0.359 e. The Morgan fingerprint density at radius 3 is 2.20 bits per heavy atom. The molecule has 4 aromatic rings. The second-order valence-corrected chi connectivity index (χ2v) is 15.6. The predicted octanol–water partition coefficient (Wildman–Crippen LogP) is 12.6. The standard InChI is InChI=1S/C54H46N2/c1-4-18-40(19-5-1)51-52(41-20-6-2-7-21-41)55-54(43-22-8-3-9-23-43)56-53(51)42-32-30-37(31-33-42)44-34-45(49-28-14-24-38-16-10-12-26-47(38)49)36-46(35-44)50-29-15-25-39-17-11-13-27-48(39)50/h1-2,4-8,10-14,16-24,26-32,34-36,38,42,47,54-55H,3,9,15,25,33H2. The van der Waals surface area contributed by atoms with Crippen LogP contribution >= 0.6 is 0 Å². The number of hydrogen-bond donors (Lipinski definition) is 1. The molecule has 0 fully saturated rings. The van der Waals surface area contributed by atoms with Crippen molar-refractivity contribution in [2.45, 2.75) is 38.3 Å². The highest BCUT2D eigenvalue weighted by atomic mass is 15.1. The molecule has 0 aromatic heterocycles. The first kappa shape index (κ1) is 34.3. The molecule has 4 aromatic carbocycles. The first-order valence-electron chi connectivity index (χ1n) is 20.4. The third-order valence-corrected chi connectivity index (χ3v) is 12.1. The van der Waals surface area contributed by atoms with Crippen molar-refractivity contribution >= 4 is 33.7 Å². The molecule has 4 unspecified atom stereocenters. The molecule has 2 nitrogen and oxygen atoms in total. The third kappa shape index (κ3) is 6.60. The summed E-state index contributed by atoms with van der Waals surface area (Å²) in [6, 6.07) is 37.9. The van der Waals surface area contributed by atoms with Crippen molar-refractivity contribution in [3.05, 3.63) is 233 Å². The van der Waals surface area contributed by atoms with Gasteiger partial charge in [-0.25, -0.2) is 0 Å². The molecule has 10 rings (SSSR count). The number of allylic oxidation sites excluding steroid dienone is 16. The molecule has 6 aliphatic rings. The SMILES string of the molecule is C1=CC2C=CC=C(c3cc(C4=CCC(C5=NC(C6=CCCC=C6)NC(c6ccccc6)=C5c5ccccc5)C=C4)cc(C4=CCCc5ccccc54)c3)C2C=C1. The minimum absolute atomic E-state index is 0.132. The third-order valence-electron chi connectivity index (χ3n) is 12.1. The van der Waals surface area contributed by atoms with E-state index in [1.165, 1.54) is 66.8 Å². The maximum absolute atomic E-state index is 5.59. The Balaban J connectivity index is 1.06. The fourth-order valence-electron chi connectivity index (χ4n) is 9.29. The second kappa shape index (κ2) is 15.1. The number of nitrogens with zero attached hydrogens (tertiary/aromatic N) is 1. The zero-order chi connectivity index (χ0) is 37.3. The van der Waals surface area contributed by atoms with Gasteiger partial charge in [0.05, 0.1) is 11.4 Å². The van der Waals surface area contributed by atoms with E-state index in [0.29, 0.717) is 11.8 Å². The van der Waals surface area contributed by atoms with Crippen LogP contribution in [0.25, 0.3) is 28.0 Å². The summed E-state index contributed by atoms with van der Waals surface area (Å²) < 4.78 is 0. The molecule has 0 bridgehead atoms. The molecule has 0 saturated heterocycles. The van der Waals surface area contributed by atoms with Gasteiger partial charge in [-0.3, -0.25) is 4.99 Å². The lowest BCUT2D eigenvalue weighted by Gasteiger charge is -2.33. The zero-order valence-corrected chi connectivity index (χ0v) is 31.7. The summed E-state index contributed by atoms with van der Waals surface area (Å²) in [5, 5.41) is 3.90. The molecular formula is C54H46N2. The fraction of sp³-hybridized carbons (Fsp3) is 0.167. The van der Waals surface area contributed by atoms with Gasteiger partial charge in [-0.2, -0.15) is 0 Å². The minimum atomic E-state index is -0.140. The normalized spacial score (nSPS) is 23.6. The van der Waals surface area contributed by atoms with Gasteiger partial charge in [-0.05, 0) is 112 Å². The zero-order valence-electron chi connectivity index (χ0n) is 31.7. The summed E-state index contributed by atoms with van der Waals surface area (Å²) in [7, 11) is 0. The maximum atomic E-state index is 5.59. The van der Waals surface area contributed by atoms with Crippen molar-refractivity contribution in [3.8, 4) is 0 Å². The summed E-state index contributed by atoms with van der Waals surface area (Å²) in [5.41, 5.74) is 17.8. The van der Waals surface area contributed by atoms with E-state index in [0.717, 1.165) is 43.5 Å². The van der Waals surface area contributed by atoms with Crippen LogP contribution in [-0.2, 0) is 6.42 Å². The second-order valence-electron chi connectivity index (χ2n) is 15.6. The summed E-state index contributed by atoms with van der Waals surface area (Å²) >= 11 is 0. The number of aliphatic imine (C=N–C) groups is 1. The lowest BCUT2D eigenvalue weighted by atomic mass is 9.75. The van der Waals surface area contributed by atoms with Crippen molar-refractivity contribution in [3.63, 3.8) is 0 Å². The van der Waals surface area contributed by atoms with Crippen LogP contribution in [0.3, 0.4) is 0 Å². The van der Waals surface area contributed by atoms with E-state index in [9.17, 15) is 0 Å². The predicted molar refractivity (Wildman–Crippen MR) is 236 cm³/mol. The average Bonchev–Trinajstić information content (AvgIpc) is 3.29. The maximum Gasteiger partial charge on any atom is 0.144 e. The van der Waals surface area contributed by atoms with E-state index in [-0.39, 0.29) is 12.1 Å². The van der Waals surface area contributed by atoms with E-state index in [2.05, 4.69) is 194 Å². The van der Waals surface area contributed by atoms with Crippen molar-refractivity contribution < 1.29 is 0 Å². The quantitative estimate of drug-likeness (QED) is 0.202. The van der Waals surface area contributed by atoms with Crippen molar-refractivity contribution in [1.82, 2.24) is 5.32 Å². The van der Waals surface area contributed by atoms with Gasteiger partial charge in [-0.15, -0.1) is 0 Å². The van der Waals surface area contributed by atoms with Gasteiger partial charge >= 0.3 is 0 Å². The molecule has 0 saturated carbocycles. The van der Waals surface area contributed by atoms with Crippen LogP contribution < -0.4 is 5.32 Å². The molecule has 5 aliphatic carbocycles. The van der Waals surface area contributed by atoms with Gasteiger partial charge in [-0.1, -0.05) is 170 Å². The Morgan fingerprint density at radius 2 is 1.38 bits per heavy atom. The highest BCUT2D eigenvalue weighted by molar-refractivity contribution is 6.32.